The molecule has 2 aliphatic rings. The van der Waals surface area contributed by atoms with E-state index in [4.69, 9.17) is 0 Å². The zero-order valence-electron chi connectivity index (χ0n) is 12.5. The number of hydrogen-bond donors (Lipinski definition) is 2. The van der Waals surface area contributed by atoms with Gasteiger partial charge in [-0.2, -0.15) is 0 Å². The fourth-order valence-corrected chi connectivity index (χ4v) is 4.39. The summed E-state index contributed by atoms with van der Waals surface area (Å²) in [5.41, 5.74) is 1.41. The maximum Gasteiger partial charge on any atom is 0.327 e. The van der Waals surface area contributed by atoms with E-state index in [2.05, 4.69) is 18.3 Å². The smallest absolute Gasteiger partial charge is 0.327 e. The molecule has 0 aromatic carbocycles. The molecule has 0 saturated carbocycles. The molecule has 2 unspecified atom stereocenters. The Hall–Kier alpha value is -1.17. The van der Waals surface area contributed by atoms with Crippen molar-refractivity contribution in [1.29, 1.82) is 0 Å². The van der Waals surface area contributed by atoms with Crippen LogP contribution >= 0.6 is 11.8 Å². The zero-order chi connectivity index (χ0) is 15.2. The van der Waals surface area contributed by atoms with E-state index in [0.717, 1.165) is 32.1 Å². The number of nitrogens with zero attached hydrogens (tertiary/aromatic N) is 1. The average molecular weight is 312 g/mol. The van der Waals surface area contributed by atoms with Crippen LogP contribution in [0.1, 0.15) is 45.4 Å². The fraction of sp³-hybridized carbons (Fsp3) is 0.733. The van der Waals surface area contributed by atoms with Crippen molar-refractivity contribution >= 4 is 23.8 Å². The second-order valence-corrected chi connectivity index (χ2v) is 6.79. The summed E-state index contributed by atoms with van der Waals surface area (Å²) >= 11 is 1.57. The van der Waals surface area contributed by atoms with Gasteiger partial charge in [-0.05, 0) is 32.1 Å². The van der Waals surface area contributed by atoms with Gasteiger partial charge in [-0.25, -0.2) is 9.59 Å². The Labute approximate surface area is 130 Å². The summed E-state index contributed by atoms with van der Waals surface area (Å²) in [6.45, 7) is 2.65. The maximum absolute atomic E-state index is 12.3. The predicted octanol–water partition coefficient (Wildman–Crippen LogP) is 2.82. The van der Waals surface area contributed by atoms with Gasteiger partial charge in [0.1, 0.15) is 6.04 Å². The molecule has 0 radical (unpaired) electrons. The number of carboxylic acid groups (broad SMARTS) is 1. The normalized spacial score (nSPS) is 25.0. The van der Waals surface area contributed by atoms with Crippen molar-refractivity contribution < 1.29 is 14.7 Å². The van der Waals surface area contributed by atoms with Crippen LogP contribution < -0.4 is 5.32 Å². The number of thioether (sulfide) groups is 1. The number of urea groups is 1. The van der Waals surface area contributed by atoms with Crippen molar-refractivity contribution in [2.75, 3.05) is 12.3 Å². The van der Waals surface area contributed by atoms with Gasteiger partial charge in [0.15, 0.2) is 0 Å². The summed E-state index contributed by atoms with van der Waals surface area (Å²) in [6, 6.07) is -0.929. The van der Waals surface area contributed by atoms with E-state index in [-0.39, 0.29) is 11.4 Å². The molecule has 21 heavy (non-hydrogen) atoms. The molecule has 1 aliphatic carbocycles. The molecule has 0 aromatic rings. The standard InChI is InChI=1S/C15H24N2O3S/c1-2-5-13-17(12(10-21-13)14(18)19)15(20)16-9-8-11-6-3-4-7-11/h6,12-13H,2-5,7-10H2,1H3,(H,16,20)(H,18,19). The fourth-order valence-electron chi connectivity index (χ4n) is 2.88. The first kappa shape index (κ1) is 16.2. The number of rotatable bonds is 6. The molecular formula is C15H24N2O3S. The van der Waals surface area contributed by atoms with Crippen LogP contribution in [0.4, 0.5) is 4.79 Å². The molecule has 2 amide bonds. The van der Waals surface area contributed by atoms with Crippen LogP contribution in [0.15, 0.2) is 11.6 Å². The van der Waals surface area contributed by atoms with Crippen molar-refractivity contribution in [3.05, 3.63) is 11.6 Å². The first-order chi connectivity index (χ1) is 10.1. The Kier molecular flexibility index (Phi) is 5.96. The minimum atomic E-state index is -0.908. The molecule has 0 spiro atoms. The van der Waals surface area contributed by atoms with Gasteiger partial charge in [-0.1, -0.05) is 25.0 Å². The topological polar surface area (TPSA) is 69.6 Å². The Balaban J connectivity index is 1.88. The summed E-state index contributed by atoms with van der Waals surface area (Å²) in [6.07, 6.45) is 8.40. The van der Waals surface area contributed by atoms with Crippen LogP contribution in [0.5, 0.6) is 0 Å². The molecule has 1 saturated heterocycles. The Morgan fingerprint density at radius 3 is 2.95 bits per heavy atom. The maximum atomic E-state index is 12.3. The van der Waals surface area contributed by atoms with Gasteiger partial charge in [-0.15, -0.1) is 11.8 Å². The van der Waals surface area contributed by atoms with E-state index in [0.29, 0.717) is 12.3 Å². The molecule has 1 aliphatic heterocycles. The van der Waals surface area contributed by atoms with Gasteiger partial charge in [-0.3, -0.25) is 4.90 Å². The van der Waals surface area contributed by atoms with Crippen molar-refractivity contribution in [2.45, 2.75) is 56.9 Å². The molecule has 2 N–H and O–H groups in total. The summed E-state index contributed by atoms with van der Waals surface area (Å²) in [4.78, 5) is 25.2. The number of amides is 2. The van der Waals surface area contributed by atoms with Gasteiger partial charge < -0.3 is 10.4 Å². The van der Waals surface area contributed by atoms with Crippen LogP contribution in [-0.2, 0) is 4.79 Å². The van der Waals surface area contributed by atoms with E-state index >= 15 is 0 Å². The van der Waals surface area contributed by atoms with Crippen LogP contribution in [0, 0.1) is 0 Å². The van der Waals surface area contributed by atoms with E-state index in [1.54, 1.807) is 11.8 Å². The third kappa shape index (κ3) is 4.15. The molecule has 0 bridgehead atoms. The number of aliphatic carboxylic acids is 1. The first-order valence-corrected chi connectivity index (χ1v) is 8.76. The SMILES string of the molecule is CCCC1SCC(C(=O)O)N1C(=O)NCCC1=CCCC1. The highest BCUT2D eigenvalue weighted by atomic mass is 32.2. The van der Waals surface area contributed by atoms with E-state index in [1.807, 2.05) is 0 Å². The largest absolute Gasteiger partial charge is 0.480 e. The molecule has 6 heteroatoms. The molecule has 0 aromatic heterocycles. The molecule has 2 atom stereocenters. The molecule has 1 fully saturated rings. The van der Waals surface area contributed by atoms with Crippen molar-refractivity contribution in [3.8, 4) is 0 Å². The Bertz CT molecular complexity index is 425. The third-order valence-corrected chi connectivity index (χ3v) is 5.36. The van der Waals surface area contributed by atoms with E-state index in [1.165, 1.54) is 16.9 Å². The Morgan fingerprint density at radius 1 is 1.52 bits per heavy atom. The van der Waals surface area contributed by atoms with E-state index in [9.17, 15) is 14.7 Å². The quantitative estimate of drug-likeness (QED) is 0.740. The summed E-state index contributed by atoms with van der Waals surface area (Å²) in [5, 5.41) is 12.2. The predicted molar refractivity (Wildman–Crippen MR) is 84.4 cm³/mol. The zero-order valence-corrected chi connectivity index (χ0v) is 13.3. The summed E-state index contributed by atoms with van der Waals surface area (Å²) in [7, 11) is 0. The van der Waals surface area contributed by atoms with Gasteiger partial charge in [0.25, 0.3) is 0 Å². The minimum absolute atomic E-state index is 0.0122. The van der Waals surface area contributed by atoms with Gasteiger partial charge >= 0.3 is 12.0 Å². The molecule has 5 nitrogen and oxygen atoms in total. The van der Waals surface area contributed by atoms with Gasteiger partial charge in [0, 0.05) is 12.3 Å². The van der Waals surface area contributed by atoms with Gasteiger partial charge in [0.2, 0.25) is 0 Å². The number of allylic oxidation sites excluding steroid dienone is 1. The van der Waals surface area contributed by atoms with Crippen LogP contribution in [0.2, 0.25) is 0 Å². The number of carboxylic acids is 1. The van der Waals surface area contributed by atoms with Crippen molar-refractivity contribution in [3.63, 3.8) is 0 Å². The number of carbonyl (C=O) groups excluding carboxylic acids is 1. The minimum Gasteiger partial charge on any atom is -0.480 e. The van der Waals surface area contributed by atoms with Gasteiger partial charge in [0.05, 0.1) is 5.37 Å². The highest BCUT2D eigenvalue weighted by molar-refractivity contribution is 8.00. The second kappa shape index (κ2) is 7.73. The number of nitrogens with one attached hydrogen (secondary N) is 1. The summed E-state index contributed by atoms with van der Waals surface area (Å²) < 4.78 is 0. The second-order valence-electron chi connectivity index (χ2n) is 5.57. The summed E-state index contributed by atoms with van der Waals surface area (Å²) in [5.74, 6) is -0.423. The number of hydrogen-bond acceptors (Lipinski definition) is 3. The lowest BCUT2D eigenvalue weighted by atomic mass is 10.2. The van der Waals surface area contributed by atoms with Crippen LogP contribution in [-0.4, -0.2) is 45.7 Å². The van der Waals surface area contributed by atoms with E-state index < -0.39 is 12.0 Å². The number of carbonyl (C=O) groups is 2. The lowest BCUT2D eigenvalue weighted by Crippen LogP contribution is -2.50. The molecule has 118 valence electrons. The lowest BCUT2D eigenvalue weighted by Gasteiger charge is -2.27. The Morgan fingerprint density at radius 2 is 2.33 bits per heavy atom. The van der Waals surface area contributed by atoms with Crippen molar-refractivity contribution in [1.82, 2.24) is 10.2 Å². The highest BCUT2D eigenvalue weighted by Gasteiger charge is 2.41. The average Bonchev–Trinajstić information content (AvgIpc) is 3.08. The van der Waals surface area contributed by atoms with Crippen LogP contribution in [0.3, 0.4) is 0 Å². The molecule has 1 heterocycles. The first-order valence-electron chi connectivity index (χ1n) is 7.72. The monoisotopic (exact) mass is 312 g/mol. The van der Waals surface area contributed by atoms with Crippen molar-refractivity contribution in [2.24, 2.45) is 0 Å². The highest BCUT2D eigenvalue weighted by Crippen LogP contribution is 2.32. The lowest BCUT2D eigenvalue weighted by molar-refractivity contribution is -0.141. The molecule has 2 rings (SSSR count). The third-order valence-electron chi connectivity index (χ3n) is 4.01. The van der Waals surface area contributed by atoms with Crippen LogP contribution in [0.25, 0.3) is 0 Å². The molecular weight excluding hydrogens is 288 g/mol.